The lowest BCUT2D eigenvalue weighted by atomic mass is 10.1. The third-order valence-electron chi connectivity index (χ3n) is 4.60. The van der Waals surface area contributed by atoms with Crippen molar-refractivity contribution in [1.82, 2.24) is 15.0 Å². The van der Waals surface area contributed by atoms with E-state index in [1.165, 1.54) is 17.8 Å². The van der Waals surface area contributed by atoms with E-state index in [4.69, 9.17) is 5.26 Å². The fourth-order valence-corrected chi connectivity index (χ4v) is 3.06. The number of anilines is 1. The van der Waals surface area contributed by atoms with E-state index >= 15 is 0 Å². The maximum Gasteiger partial charge on any atom is 0.255 e. The van der Waals surface area contributed by atoms with Gasteiger partial charge >= 0.3 is 0 Å². The zero-order chi connectivity index (χ0) is 20.4. The van der Waals surface area contributed by atoms with Gasteiger partial charge in [0.15, 0.2) is 5.82 Å². The van der Waals surface area contributed by atoms with E-state index in [0.717, 1.165) is 22.0 Å². The molecule has 0 bridgehead atoms. The van der Waals surface area contributed by atoms with Crippen LogP contribution < -0.4 is 5.32 Å². The SMILES string of the molecule is Cc1ccc2nc(-c3ccc(NC(=O)c4ccnc(C#N)c4)c(C)c3)ncc2c1. The second kappa shape index (κ2) is 7.49. The molecule has 6 nitrogen and oxygen atoms in total. The van der Waals surface area contributed by atoms with Crippen LogP contribution in [0.4, 0.5) is 5.69 Å². The predicted octanol–water partition coefficient (Wildman–Crippen LogP) is 4.43. The Morgan fingerprint density at radius 1 is 1.03 bits per heavy atom. The molecule has 6 heteroatoms. The Labute approximate surface area is 167 Å². The van der Waals surface area contributed by atoms with Gasteiger partial charge in [-0.3, -0.25) is 4.79 Å². The number of aromatic nitrogens is 3. The number of carbonyl (C=O) groups excluding carboxylic acids is 1. The van der Waals surface area contributed by atoms with Gasteiger partial charge < -0.3 is 5.32 Å². The second-order valence-electron chi connectivity index (χ2n) is 6.78. The van der Waals surface area contributed by atoms with Crippen LogP contribution >= 0.6 is 0 Å². The largest absolute Gasteiger partial charge is 0.322 e. The van der Waals surface area contributed by atoms with Gasteiger partial charge in [0, 0.05) is 34.6 Å². The summed E-state index contributed by atoms with van der Waals surface area (Å²) >= 11 is 0. The van der Waals surface area contributed by atoms with Crippen LogP contribution in [0, 0.1) is 25.2 Å². The van der Waals surface area contributed by atoms with Crippen LogP contribution in [0.5, 0.6) is 0 Å². The summed E-state index contributed by atoms with van der Waals surface area (Å²) in [4.78, 5) is 25.5. The number of nitrogens with one attached hydrogen (secondary N) is 1. The number of pyridine rings is 1. The highest BCUT2D eigenvalue weighted by atomic mass is 16.1. The molecule has 0 aliphatic rings. The maximum absolute atomic E-state index is 12.5. The zero-order valence-corrected chi connectivity index (χ0v) is 16.0. The van der Waals surface area contributed by atoms with Gasteiger partial charge in [-0.25, -0.2) is 15.0 Å². The van der Waals surface area contributed by atoms with Gasteiger partial charge in [-0.15, -0.1) is 0 Å². The van der Waals surface area contributed by atoms with Crippen molar-refractivity contribution in [3.63, 3.8) is 0 Å². The van der Waals surface area contributed by atoms with E-state index in [2.05, 4.69) is 26.3 Å². The number of nitrogens with zero attached hydrogens (tertiary/aromatic N) is 4. The Kier molecular flexibility index (Phi) is 4.71. The van der Waals surface area contributed by atoms with Crippen LogP contribution in [0.1, 0.15) is 27.2 Å². The van der Waals surface area contributed by atoms with Crippen molar-refractivity contribution in [2.45, 2.75) is 13.8 Å². The summed E-state index contributed by atoms with van der Waals surface area (Å²) in [5.41, 5.74) is 5.09. The van der Waals surface area contributed by atoms with Crippen LogP contribution in [-0.4, -0.2) is 20.9 Å². The molecule has 1 amide bonds. The Morgan fingerprint density at radius 2 is 1.90 bits per heavy atom. The minimum absolute atomic E-state index is 0.202. The summed E-state index contributed by atoms with van der Waals surface area (Å²) < 4.78 is 0. The molecule has 0 aliphatic heterocycles. The lowest BCUT2D eigenvalue weighted by Gasteiger charge is -2.10. The van der Waals surface area contributed by atoms with Crippen molar-refractivity contribution in [3.8, 4) is 17.5 Å². The van der Waals surface area contributed by atoms with Gasteiger partial charge in [-0.05, 0) is 61.9 Å². The highest BCUT2D eigenvalue weighted by Gasteiger charge is 2.11. The first-order chi connectivity index (χ1) is 14.0. The molecular weight excluding hydrogens is 362 g/mol. The first-order valence-corrected chi connectivity index (χ1v) is 9.05. The second-order valence-corrected chi connectivity index (χ2v) is 6.78. The van der Waals surface area contributed by atoms with Crippen molar-refractivity contribution < 1.29 is 4.79 Å². The van der Waals surface area contributed by atoms with Crippen molar-refractivity contribution in [1.29, 1.82) is 5.26 Å². The third-order valence-corrected chi connectivity index (χ3v) is 4.60. The topological polar surface area (TPSA) is 91.6 Å². The molecular formula is C23H17N5O. The van der Waals surface area contributed by atoms with Crippen LogP contribution in [0.25, 0.3) is 22.3 Å². The summed E-state index contributed by atoms with van der Waals surface area (Å²) in [7, 11) is 0. The van der Waals surface area contributed by atoms with E-state index in [1.54, 1.807) is 6.07 Å². The van der Waals surface area contributed by atoms with Crippen molar-refractivity contribution in [2.75, 3.05) is 5.32 Å². The number of benzene rings is 2. The molecule has 4 aromatic rings. The van der Waals surface area contributed by atoms with E-state index in [0.29, 0.717) is 17.1 Å². The predicted molar refractivity (Wildman–Crippen MR) is 111 cm³/mol. The van der Waals surface area contributed by atoms with Crippen LogP contribution in [-0.2, 0) is 0 Å². The van der Waals surface area contributed by atoms with E-state index in [-0.39, 0.29) is 11.6 Å². The highest BCUT2D eigenvalue weighted by Crippen LogP contribution is 2.24. The molecule has 2 aromatic carbocycles. The fraction of sp³-hybridized carbons (Fsp3) is 0.0870. The lowest BCUT2D eigenvalue weighted by molar-refractivity contribution is 0.102. The molecule has 2 heterocycles. The van der Waals surface area contributed by atoms with E-state index in [1.807, 2.05) is 56.4 Å². The molecule has 140 valence electrons. The Bertz CT molecular complexity index is 1290. The first-order valence-electron chi connectivity index (χ1n) is 9.05. The summed E-state index contributed by atoms with van der Waals surface area (Å²) in [5.74, 6) is 0.340. The Hall–Kier alpha value is -4.11. The average Bonchev–Trinajstić information content (AvgIpc) is 2.74. The number of fused-ring (bicyclic) bond motifs is 1. The quantitative estimate of drug-likeness (QED) is 0.568. The molecule has 0 fully saturated rings. The first kappa shape index (κ1) is 18.3. The number of amides is 1. The standard InChI is InChI=1S/C23H17N5O/c1-14-3-5-21-18(9-14)13-26-22(27-21)16-4-6-20(15(2)10-16)28-23(29)17-7-8-25-19(11-17)12-24/h3-11,13H,1-2H3,(H,28,29). The molecule has 29 heavy (non-hydrogen) atoms. The number of hydrogen-bond acceptors (Lipinski definition) is 5. The number of nitriles is 1. The molecule has 0 saturated heterocycles. The Morgan fingerprint density at radius 3 is 2.69 bits per heavy atom. The summed E-state index contributed by atoms with van der Waals surface area (Å²) in [6.07, 6.45) is 3.27. The number of hydrogen-bond donors (Lipinski definition) is 1. The molecule has 0 unspecified atom stereocenters. The number of rotatable bonds is 3. The summed E-state index contributed by atoms with van der Waals surface area (Å²) in [5, 5.41) is 12.8. The fourth-order valence-electron chi connectivity index (χ4n) is 3.06. The molecule has 0 saturated carbocycles. The van der Waals surface area contributed by atoms with Gasteiger partial charge in [0.2, 0.25) is 0 Å². The summed E-state index contributed by atoms with van der Waals surface area (Å²) in [6.45, 7) is 3.95. The van der Waals surface area contributed by atoms with Gasteiger partial charge in [-0.1, -0.05) is 11.6 Å². The Balaban J connectivity index is 1.60. The van der Waals surface area contributed by atoms with Crippen LogP contribution in [0.15, 0.2) is 60.9 Å². The molecule has 2 aromatic heterocycles. The average molecular weight is 379 g/mol. The summed E-state index contributed by atoms with van der Waals surface area (Å²) in [6, 6.07) is 16.7. The molecule has 0 spiro atoms. The molecule has 0 radical (unpaired) electrons. The van der Waals surface area contributed by atoms with Gasteiger partial charge in [0.1, 0.15) is 11.8 Å². The van der Waals surface area contributed by atoms with Crippen LogP contribution in [0.3, 0.4) is 0 Å². The lowest BCUT2D eigenvalue weighted by Crippen LogP contribution is -2.13. The van der Waals surface area contributed by atoms with Gasteiger partial charge in [-0.2, -0.15) is 5.26 Å². The smallest absolute Gasteiger partial charge is 0.255 e. The van der Waals surface area contributed by atoms with Crippen molar-refractivity contribution >= 4 is 22.5 Å². The highest BCUT2D eigenvalue weighted by molar-refractivity contribution is 6.04. The van der Waals surface area contributed by atoms with Crippen molar-refractivity contribution in [2.24, 2.45) is 0 Å². The van der Waals surface area contributed by atoms with E-state index in [9.17, 15) is 4.79 Å². The molecule has 0 atom stereocenters. The molecule has 1 N–H and O–H groups in total. The molecule has 0 aliphatic carbocycles. The van der Waals surface area contributed by atoms with Gasteiger partial charge in [0.05, 0.1) is 5.52 Å². The minimum atomic E-state index is -0.294. The number of aryl methyl sites for hydroxylation is 2. The maximum atomic E-state index is 12.5. The van der Waals surface area contributed by atoms with Crippen LogP contribution in [0.2, 0.25) is 0 Å². The zero-order valence-electron chi connectivity index (χ0n) is 16.0. The molecule has 4 rings (SSSR count). The van der Waals surface area contributed by atoms with Crippen molar-refractivity contribution in [3.05, 3.63) is 83.3 Å². The number of carbonyl (C=O) groups is 1. The monoisotopic (exact) mass is 379 g/mol. The third kappa shape index (κ3) is 3.80. The van der Waals surface area contributed by atoms with Gasteiger partial charge in [0.25, 0.3) is 5.91 Å². The van der Waals surface area contributed by atoms with E-state index < -0.39 is 0 Å². The normalized spacial score (nSPS) is 10.5. The minimum Gasteiger partial charge on any atom is -0.322 e.